The van der Waals surface area contributed by atoms with Crippen LogP contribution in [0.4, 0.5) is 0 Å². The predicted octanol–water partition coefficient (Wildman–Crippen LogP) is 1.97. The highest BCUT2D eigenvalue weighted by molar-refractivity contribution is 7.92. The van der Waals surface area contributed by atoms with E-state index in [1.54, 1.807) is 13.8 Å². The Balaban J connectivity index is 3.22. The third-order valence-electron chi connectivity index (χ3n) is 3.13. The smallest absolute Gasteiger partial charge is 0.322 e. The number of rotatable bonds is 6. The second-order valence-electron chi connectivity index (χ2n) is 4.36. The zero-order valence-electron chi connectivity index (χ0n) is 11.2. The van der Waals surface area contributed by atoms with Crippen molar-refractivity contribution in [2.24, 2.45) is 5.92 Å². The second kappa shape index (κ2) is 6.06. The van der Waals surface area contributed by atoms with Crippen molar-refractivity contribution in [3.8, 4) is 5.75 Å². The van der Waals surface area contributed by atoms with Crippen LogP contribution in [0.1, 0.15) is 20.3 Å². The van der Waals surface area contributed by atoms with Gasteiger partial charge in [0.15, 0.2) is 15.1 Å². The Labute approximate surface area is 113 Å². The zero-order valence-corrected chi connectivity index (χ0v) is 12.0. The number of hydrogen-bond acceptors (Lipinski definition) is 4. The normalized spacial score (nSPS) is 14.7. The highest BCUT2D eigenvalue weighted by Gasteiger charge is 2.37. The Kier molecular flexibility index (Phi) is 4.94. The molecule has 0 saturated heterocycles. The van der Waals surface area contributed by atoms with Crippen LogP contribution in [0.3, 0.4) is 0 Å². The van der Waals surface area contributed by atoms with E-state index in [0.29, 0.717) is 12.2 Å². The van der Waals surface area contributed by atoms with E-state index < -0.39 is 27.0 Å². The minimum atomic E-state index is -3.89. The Morgan fingerprint density at radius 1 is 1.32 bits per heavy atom. The van der Waals surface area contributed by atoms with E-state index in [9.17, 15) is 13.2 Å². The molecule has 0 bridgehead atoms. The maximum absolute atomic E-state index is 12.4. The van der Waals surface area contributed by atoms with Crippen LogP contribution >= 0.6 is 0 Å². The molecular formula is C13H18O5S. The van der Waals surface area contributed by atoms with Crippen LogP contribution in [0.2, 0.25) is 0 Å². The minimum Gasteiger partial charge on any atom is -0.497 e. The minimum absolute atomic E-state index is 0.000926. The molecule has 106 valence electrons. The van der Waals surface area contributed by atoms with Crippen molar-refractivity contribution >= 4 is 15.8 Å². The van der Waals surface area contributed by atoms with Gasteiger partial charge in [0.25, 0.3) is 0 Å². The van der Waals surface area contributed by atoms with Gasteiger partial charge in [-0.1, -0.05) is 20.3 Å². The first-order chi connectivity index (χ1) is 8.84. The van der Waals surface area contributed by atoms with Gasteiger partial charge in [-0.15, -0.1) is 0 Å². The van der Waals surface area contributed by atoms with E-state index in [1.807, 2.05) is 0 Å². The fraction of sp³-hybridized carbons (Fsp3) is 0.462. The van der Waals surface area contributed by atoms with Gasteiger partial charge in [0.05, 0.1) is 12.0 Å². The molecule has 1 N–H and O–H groups in total. The molecule has 0 aliphatic rings. The Bertz CT molecular complexity index is 533. The van der Waals surface area contributed by atoms with Crippen LogP contribution in [-0.2, 0) is 14.6 Å². The van der Waals surface area contributed by atoms with Crippen molar-refractivity contribution in [3.05, 3.63) is 24.3 Å². The van der Waals surface area contributed by atoms with Gasteiger partial charge in [-0.25, -0.2) is 8.42 Å². The number of hydrogen-bond donors (Lipinski definition) is 1. The molecule has 19 heavy (non-hydrogen) atoms. The number of carboxylic acid groups (broad SMARTS) is 1. The summed E-state index contributed by atoms with van der Waals surface area (Å²) in [4.78, 5) is 11.2. The highest BCUT2D eigenvalue weighted by Crippen LogP contribution is 2.25. The molecule has 5 nitrogen and oxygen atoms in total. The van der Waals surface area contributed by atoms with Gasteiger partial charge >= 0.3 is 5.97 Å². The van der Waals surface area contributed by atoms with Crippen molar-refractivity contribution in [2.75, 3.05) is 7.11 Å². The first-order valence-corrected chi connectivity index (χ1v) is 7.50. The molecule has 0 heterocycles. The van der Waals surface area contributed by atoms with Crippen LogP contribution in [0.15, 0.2) is 29.2 Å². The van der Waals surface area contributed by atoms with E-state index in [0.717, 1.165) is 0 Å². The lowest BCUT2D eigenvalue weighted by Gasteiger charge is -2.19. The third kappa shape index (κ3) is 3.26. The number of carboxylic acids is 1. The maximum Gasteiger partial charge on any atom is 0.322 e. The summed E-state index contributed by atoms with van der Waals surface area (Å²) in [5, 5.41) is 7.74. The van der Waals surface area contributed by atoms with E-state index in [2.05, 4.69) is 0 Å². The highest BCUT2D eigenvalue weighted by atomic mass is 32.2. The molecule has 1 aromatic rings. The summed E-state index contributed by atoms with van der Waals surface area (Å²) in [5.74, 6) is -1.25. The van der Waals surface area contributed by atoms with Gasteiger partial charge in [-0.05, 0) is 30.2 Å². The zero-order chi connectivity index (χ0) is 14.6. The molecule has 0 radical (unpaired) electrons. The van der Waals surface area contributed by atoms with Crippen molar-refractivity contribution < 1.29 is 23.1 Å². The summed E-state index contributed by atoms with van der Waals surface area (Å²) in [7, 11) is -2.42. The lowest BCUT2D eigenvalue weighted by atomic mass is 10.1. The fourth-order valence-corrected chi connectivity index (χ4v) is 3.69. The Hall–Kier alpha value is -1.56. The number of sulfone groups is 1. The van der Waals surface area contributed by atoms with Crippen LogP contribution in [0.5, 0.6) is 5.75 Å². The molecule has 1 aromatic carbocycles. The largest absolute Gasteiger partial charge is 0.497 e. The van der Waals surface area contributed by atoms with E-state index in [1.165, 1.54) is 31.4 Å². The Morgan fingerprint density at radius 2 is 1.84 bits per heavy atom. The summed E-state index contributed by atoms with van der Waals surface area (Å²) in [6.45, 7) is 3.39. The molecule has 0 fully saturated rings. The maximum atomic E-state index is 12.4. The summed E-state index contributed by atoms with van der Waals surface area (Å²) in [6.07, 6.45) is 0.479. The third-order valence-corrected chi connectivity index (χ3v) is 5.39. The molecule has 0 aliphatic heterocycles. The van der Waals surface area contributed by atoms with Gasteiger partial charge in [-0.3, -0.25) is 4.79 Å². The first kappa shape index (κ1) is 15.5. The van der Waals surface area contributed by atoms with E-state index >= 15 is 0 Å². The molecule has 0 saturated carbocycles. The second-order valence-corrected chi connectivity index (χ2v) is 6.43. The van der Waals surface area contributed by atoms with E-state index in [4.69, 9.17) is 9.84 Å². The van der Waals surface area contributed by atoms with Crippen molar-refractivity contribution in [1.29, 1.82) is 0 Å². The SMILES string of the molecule is CCC(C)C(C(=O)O)S(=O)(=O)c1ccc(OC)cc1. The number of methoxy groups -OCH3 is 1. The van der Waals surface area contributed by atoms with Gasteiger partial charge in [0, 0.05) is 0 Å². The van der Waals surface area contributed by atoms with Crippen LogP contribution in [0.25, 0.3) is 0 Å². The van der Waals surface area contributed by atoms with Crippen molar-refractivity contribution in [2.45, 2.75) is 30.4 Å². The topological polar surface area (TPSA) is 80.7 Å². The lowest BCUT2D eigenvalue weighted by Crippen LogP contribution is -2.36. The van der Waals surface area contributed by atoms with Gasteiger partial charge < -0.3 is 9.84 Å². The van der Waals surface area contributed by atoms with Gasteiger partial charge in [-0.2, -0.15) is 0 Å². The molecule has 0 aromatic heterocycles. The molecule has 0 amide bonds. The first-order valence-electron chi connectivity index (χ1n) is 5.95. The Morgan fingerprint density at radius 3 is 2.21 bits per heavy atom. The summed E-state index contributed by atoms with van der Waals surface area (Å²) >= 11 is 0. The standard InChI is InChI=1S/C13H18O5S/c1-4-9(2)12(13(14)15)19(16,17)11-7-5-10(18-3)6-8-11/h5-9,12H,4H2,1-3H3,(H,14,15). The summed E-state index contributed by atoms with van der Waals surface area (Å²) in [5.41, 5.74) is 0. The summed E-state index contributed by atoms with van der Waals surface area (Å²) < 4.78 is 29.7. The molecular weight excluding hydrogens is 268 g/mol. The average molecular weight is 286 g/mol. The molecule has 0 spiro atoms. The van der Waals surface area contributed by atoms with Crippen LogP contribution in [-0.4, -0.2) is 31.9 Å². The monoisotopic (exact) mass is 286 g/mol. The predicted molar refractivity (Wildman–Crippen MR) is 71.1 cm³/mol. The number of carbonyl (C=O) groups is 1. The summed E-state index contributed by atoms with van der Waals surface area (Å²) in [6, 6.07) is 5.74. The van der Waals surface area contributed by atoms with E-state index in [-0.39, 0.29) is 4.90 Å². The molecule has 2 unspecified atom stereocenters. The number of benzene rings is 1. The van der Waals surface area contributed by atoms with Gasteiger partial charge in [0.2, 0.25) is 0 Å². The van der Waals surface area contributed by atoms with Crippen molar-refractivity contribution in [1.82, 2.24) is 0 Å². The number of ether oxygens (including phenoxy) is 1. The number of aliphatic carboxylic acids is 1. The van der Waals surface area contributed by atoms with Crippen molar-refractivity contribution in [3.63, 3.8) is 0 Å². The molecule has 0 aliphatic carbocycles. The average Bonchev–Trinajstić information content (AvgIpc) is 2.37. The fourth-order valence-electron chi connectivity index (χ4n) is 1.81. The molecule has 6 heteroatoms. The molecule has 1 rings (SSSR count). The van der Waals surface area contributed by atoms with Gasteiger partial charge in [0.1, 0.15) is 5.75 Å². The lowest BCUT2D eigenvalue weighted by molar-refractivity contribution is -0.137. The quantitative estimate of drug-likeness (QED) is 0.864. The molecule has 2 atom stereocenters. The van der Waals surface area contributed by atoms with Crippen LogP contribution in [0, 0.1) is 5.92 Å². The van der Waals surface area contributed by atoms with Crippen LogP contribution < -0.4 is 4.74 Å².